The van der Waals surface area contributed by atoms with Gasteiger partial charge in [0.05, 0.1) is 28.0 Å². The summed E-state index contributed by atoms with van der Waals surface area (Å²) in [5.74, 6) is 0.529. The van der Waals surface area contributed by atoms with E-state index in [0.29, 0.717) is 55.9 Å². The minimum Gasteiger partial charge on any atom is -0.466 e. The van der Waals surface area contributed by atoms with Gasteiger partial charge in [0.25, 0.3) is 0 Å². The second-order valence-electron chi connectivity index (χ2n) is 9.35. The van der Waals surface area contributed by atoms with Crippen molar-refractivity contribution in [3.63, 3.8) is 0 Å². The van der Waals surface area contributed by atoms with Crippen molar-refractivity contribution in [2.24, 2.45) is 10.6 Å². The molecule has 0 aliphatic carbocycles. The fourth-order valence-electron chi connectivity index (χ4n) is 4.76. The van der Waals surface area contributed by atoms with E-state index in [4.69, 9.17) is 9.57 Å². The number of thiazole rings is 1. The molecular formula is C27H35N7O4S. The van der Waals surface area contributed by atoms with E-state index in [1.165, 1.54) is 18.4 Å². The smallest absolute Gasteiger partial charge is 0.321 e. The quantitative estimate of drug-likeness (QED) is 0.219. The highest BCUT2D eigenvalue weighted by Gasteiger charge is 2.41. The minimum atomic E-state index is -0.432. The molecule has 0 atom stereocenters. The lowest BCUT2D eigenvalue weighted by atomic mass is 9.76. The van der Waals surface area contributed by atoms with Gasteiger partial charge in [0.2, 0.25) is 5.95 Å². The number of ether oxygens (including phenoxy) is 1. The number of nitrogens with zero attached hydrogens (tertiary/aromatic N) is 5. The van der Waals surface area contributed by atoms with Gasteiger partial charge >= 0.3 is 12.0 Å². The summed E-state index contributed by atoms with van der Waals surface area (Å²) >= 11 is 1.37. The number of nitrogens with one attached hydrogen (secondary N) is 2. The second-order valence-corrected chi connectivity index (χ2v) is 10.3. The van der Waals surface area contributed by atoms with Crippen LogP contribution >= 0.6 is 11.3 Å². The third-order valence-corrected chi connectivity index (χ3v) is 8.05. The summed E-state index contributed by atoms with van der Waals surface area (Å²) < 4.78 is 6.24. The van der Waals surface area contributed by atoms with Crippen LogP contribution in [0.5, 0.6) is 0 Å². The molecule has 0 bridgehead atoms. The third-order valence-electron chi connectivity index (χ3n) is 7.03. The normalized spacial score (nSPS) is 15.2. The third kappa shape index (κ3) is 6.11. The molecule has 1 aliphatic rings. The average molecular weight is 554 g/mol. The number of carbonyl (C=O) groups excluding carboxylic acids is 2. The lowest BCUT2D eigenvalue weighted by Crippen LogP contribution is -2.45. The maximum atomic E-state index is 12.6. The Morgan fingerprint density at radius 3 is 2.46 bits per heavy atom. The number of rotatable bonds is 9. The molecule has 0 saturated carbocycles. The Labute approximate surface area is 232 Å². The van der Waals surface area contributed by atoms with Gasteiger partial charge in [-0.05, 0) is 57.7 Å². The zero-order valence-electron chi connectivity index (χ0n) is 23.0. The first-order valence-electron chi connectivity index (χ1n) is 13.2. The Bertz CT molecular complexity index is 1350. The van der Waals surface area contributed by atoms with Gasteiger partial charge < -0.3 is 19.8 Å². The Kier molecular flexibility index (Phi) is 8.95. The molecule has 1 aliphatic heterocycles. The van der Waals surface area contributed by atoms with Crippen LogP contribution in [-0.4, -0.2) is 66.0 Å². The lowest BCUT2D eigenvalue weighted by Gasteiger charge is -2.39. The maximum absolute atomic E-state index is 12.6. The first-order valence-corrected chi connectivity index (χ1v) is 14.0. The number of hydrogen-bond donors (Lipinski definition) is 2. The number of aromatic nitrogens is 3. The van der Waals surface area contributed by atoms with E-state index in [9.17, 15) is 9.59 Å². The zero-order chi connectivity index (χ0) is 28.0. The summed E-state index contributed by atoms with van der Waals surface area (Å²) in [6, 6.07) is 3.65. The number of urea groups is 1. The molecule has 3 aromatic rings. The number of anilines is 2. The fraction of sp³-hybridized carbons (Fsp3) is 0.481. The number of oxime groups is 1. The van der Waals surface area contributed by atoms with Crippen molar-refractivity contribution < 1.29 is 19.2 Å². The molecule has 0 unspecified atom stereocenters. The highest BCUT2D eigenvalue weighted by atomic mass is 32.1. The molecule has 11 nitrogen and oxygen atoms in total. The van der Waals surface area contributed by atoms with Crippen molar-refractivity contribution in [1.82, 2.24) is 20.3 Å². The van der Waals surface area contributed by atoms with E-state index in [2.05, 4.69) is 35.6 Å². The molecule has 4 rings (SSSR count). The van der Waals surface area contributed by atoms with Crippen LogP contribution in [0, 0.1) is 5.41 Å². The van der Waals surface area contributed by atoms with Crippen LogP contribution in [0.2, 0.25) is 0 Å². The molecule has 0 spiro atoms. The van der Waals surface area contributed by atoms with Crippen LogP contribution in [0.25, 0.3) is 21.3 Å². The monoisotopic (exact) mass is 553 g/mol. The van der Waals surface area contributed by atoms with Crippen LogP contribution < -0.4 is 15.5 Å². The van der Waals surface area contributed by atoms with Crippen LogP contribution in [0.4, 0.5) is 15.9 Å². The van der Waals surface area contributed by atoms with Gasteiger partial charge in [0.15, 0.2) is 5.13 Å². The van der Waals surface area contributed by atoms with Gasteiger partial charge in [-0.1, -0.05) is 23.4 Å². The number of piperidine rings is 1. The van der Waals surface area contributed by atoms with Crippen molar-refractivity contribution >= 4 is 50.3 Å². The minimum absolute atomic E-state index is 0.103. The zero-order valence-corrected chi connectivity index (χ0v) is 23.9. The largest absolute Gasteiger partial charge is 0.466 e. The topological polar surface area (TPSA) is 131 Å². The molecule has 1 aromatic carbocycles. The van der Waals surface area contributed by atoms with Crippen LogP contribution in [0.1, 0.15) is 52.5 Å². The molecular weight excluding hydrogens is 518 g/mol. The Morgan fingerprint density at radius 1 is 1.13 bits per heavy atom. The Balaban J connectivity index is 1.59. The van der Waals surface area contributed by atoms with Gasteiger partial charge in [-0.2, -0.15) is 0 Å². The summed E-state index contributed by atoms with van der Waals surface area (Å²) in [5.41, 5.74) is 3.52. The molecule has 12 heteroatoms. The van der Waals surface area contributed by atoms with E-state index < -0.39 is 5.41 Å². The molecule has 208 valence electrons. The number of fused-ring (bicyclic) bond motifs is 1. The number of hydrogen-bond acceptors (Lipinski definition) is 10. The average Bonchev–Trinajstić information content (AvgIpc) is 3.35. The van der Waals surface area contributed by atoms with Gasteiger partial charge in [-0.15, -0.1) is 0 Å². The number of amides is 2. The second kappa shape index (κ2) is 12.4. The number of carbonyl (C=O) groups is 2. The summed E-state index contributed by atoms with van der Waals surface area (Å²) in [6.07, 6.45) is 5.77. The first kappa shape index (κ1) is 28.2. The molecule has 39 heavy (non-hydrogen) atoms. The summed E-state index contributed by atoms with van der Waals surface area (Å²) in [5, 5.41) is 10.1. The fourth-order valence-corrected chi connectivity index (χ4v) is 5.77. The van der Waals surface area contributed by atoms with Crippen LogP contribution in [0.3, 0.4) is 0 Å². The van der Waals surface area contributed by atoms with E-state index >= 15 is 0 Å². The lowest BCUT2D eigenvalue weighted by molar-refractivity contribution is -0.157. The molecule has 2 aromatic heterocycles. The highest BCUT2D eigenvalue weighted by molar-refractivity contribution is 7.22. The van der Waals surface area contributed by atoms with Gasteiger partial charge in [-0.25, -0.2) is 19.7 Å². The predicted molar refractivity (Wildman–Crippen MR) is 153 cm³/mol. The van der Waals surface area contributed by atoms with E-state index in [1.54, 1.807) is 12.4 Å². The van der Waals surface area contributed by atoms with Gasteiger partial charge in [0.1, 0.15) is 7.11 Å². The van der Waals surface area contributed by atoms with E-state index in [0.717, 1.165) is 33.3 Å². The van der Waals surface area contributed by atoms with Gasteiger partial charge in [-0.3, -0.25) is 10.1 Å². The van der Waals surface area contributed by atoms with Crippen molar-refractivity contribution in [2.75, 3.05) is 43.6 Å². The van der Waals surface area contributed by atoms with E-state index in [1.807, 2.05) is 39.8 Å². The van der Waals surface area contributed by atoms with Crippen molar-refractivity contribution in [3.8, 4) is 11.1 Å². The summed E-state index contributed by atoms with van der Waals surface area (Å²) in [7, 11) is 1.50. The molecule has 1 fully saturated rings. The Hall–Kier alpha value is -3.80. The first-order chi connectivity index (χ1) is 18.8. The van der Waals surface area contributed by atoms with Crippen LogP contribution in [-0.2, 0) is 14.4 Å². The van der Waals surface area contributed by atoms with Crippen molar-refractivity contribution in [2.45, 2.75) is 47.0 Å². The van der Waals surface area contributed by atoms with Crippen molar-refractivity contribution in [3.05, 3.63) is 30.1 Å². The van der Waals surface area contributed by atoms with Gasteiger partial charge in [0, 0.05) is 43.2 Å². The Morgan fingerprint density at radius 2 is 1.85 bits per heavy atom. The van der Waals surface area contributed by atoms with Crippen molar-refractivity contribution in [1.29, 1.82) is 0 Å². The SMILES string of the molecule is CCNC(=O)Nc1nc2cc(-c3cnc(N4CCC(CC)(C(=O)OCC)CC4)nc3)cc(/C(C)=N/OC)c2s1. The molecule has 2 amide bonds. The molecule has 2 N–H and O–H groups in total. The summed E-state index contributed by atoms with van der Waals surface area (Å²) in [6.45, 7) is 9.90. The number of esters is 1. The highest BCUT2D eigenvalue weighted by Crippen LogP contribution is 2.38. The molecule has 1 saturated heterocycles. The molecule has 0 radical (unpaired) electrons. The number of benzene rings is 1. The molecule has 3 heterocycles. The summed E-state index contributed by atoms with van der Waals surface area (Å²) in [4.78, 5) is 45.7. The van der Waals surface area contributed by atoms with Crippen LogP contribution in [0.15, 0.2) is 29.7 Å². The standard InChI is InChI=1S/C27H35N7O4S/c1-6-27(23(35)38-8-3)9-11-34(12-10-27)24-29-15-19(16-30-24)18-13-20(17(4)33-37-5)22-21(14-18)31-26(39-22)32-25(36)28-7-2/h13-16H,6-12H2,1-5H3,(H2,28,31,32,36)/b33-17+. The maximum Gasteiger partial charge on any atom is 0.321 e. The van der Waals surface area contributed by atoms with E-state index in [-0.39, 0.29) is 12.0 Å². The predicted octanol–water partition coefficient (Wildman–Crippen LogP) is 4.82.